The van der Waals surface area contributed by atoms with Crippen LogP contribution >= 0.6 is 0 Å². The second-order valence-electron chi connectivity index (χ2n) is 3.84. The summed E-state index contributed by atoms with van der Waals surface area (Å²) in [5, 5.41) is 12.2. The monoisotopic (exact) mass is 218 g/mol. The summed E-state index contributed by atoms with van der Waals surface area (Å²) in [5.74, 6) is 0.644. The number of nitrogens with one attached hydrogen (secondary N) is 1. The lowest BCUT2D eigenvalue weighted by molar-refractivity contribution is 0.412. The highest BCUT2D eigenvalue weighted by Crippen LogP contribution is 2.19. The predicted octanol–water partition coefficient (Wildman–Crippen LogP) is 2.45. The minimum Gasteiger partial charge on any atom is -0.495 e. The smallest absolute Gasteiger partial charge is 0.136 e. The van der Waals surface area contributed by atoms with Crippen molar-refractivity contribution in [3.8, 4) is 11.8 Å². The molecule has 0 saturated heterocycles. The van der Waals surface area contributed by atoms with E-state index in [2.05, 4.69) is 25.2 Å². The number of rotatable bonds is 5. The average molecular weight is 218 g/mol. The Bertz CT molecular complexity index is 382. The van der Waals surface area contributed by atoms with E-state index in [1.165, 1.54) is 0 Å². The highest BCUT2D eigenvalue weighted by Gasteiger charge is 2.04. The Balaban J connectivity index is 2.72. The molecular formula is C13H18N2O. The third-order valence-corrected chi connectivity index (χ3v) is 2.65. The van der Waals surface area contributed by atoms with E-state index < -0.39 is 0 Å². The highest BCUT2D eigenvalue weighted by atomic mass is 16.5. The van der Waals surface area contributed by atoms with Crippen LogP contribution in [0.4, 0.5) is 0 Å². The molecular weight excluding hydrogens is 200 g/mol. The summed E-state index contributed by atoms with van der Waals surface area (Å²) in [4.78, 5) is 0. The second kappa shape index (κ2) is 6.14. The third kappa shape index (κ3) is 3.25. The summed E-state index contributed by atoms with van der Waals surface area (Å²) in [6.07, 6.45) is 1.10. The van der Waals surface area contributed by atoms with Crippen molar-refractivity contribution in [2.75, 3.05) is 7.11 Å². The molecule has 0 fully saturated rings. The van der Waals surface area contributed by atoms with Gasteiger partial charge in [-0.1, -0.05) is 13.0 Å². The average Bonchev–Trinajstić information content (AvgIpc) is 2.35. The number of hydrogen-bond donors (Lipinski definition) is 1. The van der Waals surface area contributed by atoms with E-state index >= 15 is 0 Å². The van der Waals surface area contributed by atoms with Crippen molar-refractivity contribution in [1.82, 2.24) is 5.32 Å². The Hall–Kier alpha value is -1.53. The van der Waals surface area contributed by atoms with Crippen molar-refractivity contribution < 1.29 is 4.74 Å². The van der Waals surface area contributed by atoms with Crippen LogP contribution in [0.3, 0.4) is 0 Å². The van der Waals surface area contributed by atoms with E-state index in [4.69, 9.17) is 10.00 Å². The van der Waals surface area contributed by atoms with Crippen molar-refractivity contribution in [2.45, 2.75) is 32.9 Å². The van der Waals surface area contributed by atoms with Crippen molar-refractivity contribution >= 4 is 0 Å². The van der Waals surface area contributed by atoms with Gasteiger partial charge in [0, 0.05) is 12.6 Å². The lowest BCUT2D eigenvalue weighted by Crippen LogP contribution is -2.24. The zero-order valence-electron chi connectivity index (χ0n) is 10.1. The maximum absolute atomic E-state index is 8.85. The van der Waals surface area contributed by atoms with Crippen molar-refractivity contribution in [1.29, 1.82) is 5.26 Å². The molecule has 1 atom stereocenters. The van der Waals surface area contributed by atoms with Crippen molar-refractivity contribution in [3.05, 3.63) is 29.3 Å². The van der Waals surface area contributed by atoms with Crippen LogP contribution in [0.15, 0.2) is 18.2 Å². The van der Waals surface area contributed by atoms with Crippen LogP contribution in [0.1, 0.15) is 31.4 Å². The van der Waals surface area contributed by atoms with Gasteiger partial charge in [-0.25, -0.2) is 0 Å². The summed E-state index contributed by atoms with van der Waals surface area (Å²) in [6, 6.07) is 8.27. The summed E-state index contributed by atoms with van der Waals surface area (Å²) in [5.41, 5.74) is 1.71. The van der Waals surface area contributed by atoms with E-state index in [9.17, 15) is 0 Å². The molecule has 0 aliphatic heterocycles. The molecule has 0 aliphatic rings. The molecule has 1 aromatic carbocycles. The van der Waals surface area contributed by atoms with Crippen LogP contribution in [0.5, 0.6) is 5.75 Å². The zero-order chi connectivity index (χ0) is 12.0. The van der Waals surface area contributed by atoms with Gasteiger partial charge in [0.05, 0.1) is 12.7 Å². The minimum atomic E-state index is 0.502. The quantitative estimate of drug-likeness (QED) is 0.825. The van der Waals surface area contributed by atoms with E-state index in [-0.39, 0.29) is 0 Å². The normalized spacial score (nSPS) is 11.9. The van der Waals surface area contributed by atoms with Gasteiger partial charge >= 0.3 is 0 Å². The molecule has 1 N–H and O–H groups in total. The predicted molar refractivity (Wildman–Crippen MR) is 64.3 cm³/mol. The standard InChI is InChI=1S/C13H18N2O/c1-4-10(2)15-9-11-5-6-12(8-14)13(7-11)16-3/h5-7,10,15H,4,9H2,1-3H3. The molecule has 0 saturated carbocycles. The number of hydrogen-bond acceptors (Lipinski definition) is 3. The lowest BCUT2D eigenvalue weighted by atomic mass is 10.1. The largest absolute Gasteiger partial charge is 0.495 e. The molecule has 3 nitrogen and oxygen atoms in total. The Labute approximate surface area is 97.0 Å². The molecule has 0 heterocycles. The lowest BCUT2D eigenvalue weighted by Gasteiger charge is -2.12. The van der Waals surface area contributed by atoms with Gasteiger partial charge in [0.25, 0.3) is 0 Å². The minimum absolute atomic E-state index is 0.502. The highest BCUT2D eigenvalue weighted by molar-refractivity contribution is 5.45. The van der Waals surface area contributed by atoms with Crippen molar-refractivity contribution in [2.24, 2.45) is 0 Å². The number of nitrogens with zero attached hydrogens (tertiary/aromatic N) is 1. The number of methoxy groups -OCH3 is 1. The molecule has 0 spiro atoms. The molecule has 3 heteroatoms. The molecule has 86 valence electrons. The van der Waals surface area contributed by atoms with E-state index in [0.717, 1.165) is 18.5 Å². The Morgan fingerprint density at radius 1 is 1.50 bits per heavy atom. The molecule has 0 aliphatic carbocycles. The summed E-state index contributed by atoms with van der Waals surface area (Å²) in [6.45, 7) is 5.11. The molecule has 1 aromatic rings. The van der Waals surface area contributed by atoms with E-state index in [0.29, 0.717) is 17.4 Å². The van der Waals surface area contributed by atoms with Crippen molar-refractivity contribution in [3.63, 3.8) is 0 Å². The fourth-order valence-corrected chi connectivity index (χ4v) is 1.37. The van der Waals surface area contributed by atoms with Gasteiger partial charge in [0.2, 0.25) is 0 Å². The Morgan fingerprint density at radius 2 is 2.25 bits per heavy atom. The molecule has 16 heavy (non-hydrogen) atoms. The van der Waals surface area contributed by atoms with Crippen LogP contribution in [-0.2, 0) is 6.54 Å². The molecule has 0 bridgehead atoms. The summed E-state index contributed by atoms with van der Waals surface area (Å²) >= 11 is 0. The van der Waals surface area contributed by atoms with Gasteiger partial charge in [-0.15, -0.1) is 0 Å². The first kappa shape index (κ1) is 12.5. The molecule has 1 unspecified atom stereocenters. The summed E-state index contributed by atoms with van der Waals surface area (Å²) < 4.78 is 5.16. The summed E-state index contributed by atoms with van der Waals surface area (Å²) in [7, 11) is 1.59. The fourth-order valence-electron chi connectivity index (χ4n) is 1.37. The first-order valence-corrected chi connectivity index (χ1v) is 5.51. The van der Waals surface area contributed by atoms with Gasteiger partial charge in [0.1, 0.15) is 11.8 Å². The van der Waals surface area contributed by atoms with Crippen LogP contribution in [0.25, 0.3) is 0 Å². The van der Waals surface area contributed by atoms with Crippen LogP contribution < -0.4 is 10.1 Å². The Kier molecular flexibility index (Phi) is 4.81. The second-order valence-corrected chi connectivity index (χ2v) is 3.84. The van der Waals surface area contributed by atoms with Gasteiger partial charge in [-0.2, -0.15) is 5.26 Å². The number of ether oxygens (including phenoxy) is 1. The molecule has 0 radical (unpaired) electrons. The van der Waals surface area contributed by atoms with Crippen LogP contribution in [0, 0.1) is 11.3 Å². The Morgan fingerprint density at radius 3 is 2.81 bits per heavy atom. The topological polar surface area (TPSA) is 45.0 Å². The van der Waals surface area contributed by atoms with E-state index in [1.54, 1.807) is 13.2 Å². The maximum Gasteiger partial charge on any atom is 0.136 e. The van der Waals surface area contributed by atoms with Gasteiger partial charge in [-0.05, 0) is 31.0 Å². The van der Waals surface area contributed by atoms with Gasteiger partial charge in [0.15, 0.2) is 0 Å². The fraction of sp³-hybridized carbons (Fsp3) is 0.462. The van der Waals surface area contributed by atoms with Gasteiger partial charge in [-0.3, -0.25) is 0 Å². The third-order valence-electron chi connectivity index (χ3n) is 2.65. The first-order chi connectivity index (χ1) is 7.71. The first-order valence-electron chi connectivity index (χ1n) is 5.51. The molecule has 0 amide bonds. The maximum atomic E-state index is 8.85. The molecule has 0 aromatic heterocycles. The van der Waals surface area contributed by atoms with Crippen LogP contribution in [-0.4, -0.2) is 13.2 Å². The molecule has 1 rings (SSSR count). The van der Waals surface area contributed by atoms with Gasteiger partial charge < -0.3 is 10.1 Å². The number of benzene rings is 1. The van der Waals surface area contributed by atoms with Crippen LogP contribution in [0.2, 0.25) is 0 Å². The number of nitriles is 1. The zero-order valence-corrected chi connectivity index (χ0v) is 10.1. The SMILES string of the molecule is CCC(C)NCc1ccc(C#N)c(OC)c1. The van der Waals surface area contributed by atoms with E-state index in [1.807, 2.05) is 12.1 Å².